The molecule has 0 saturated carbocycles. The lowest BCUT2D eigenvalue weighted by Crippen LogP contribution is -2.34. The van der Waals surface area contributed by atoms with Gasteiger partial charge in [-0.2, -0.15) is 0 Å². The number of carbonyl (C=O) groups is 1. The number of amides is 1. The Morgan fingerprint density at radius 3 is 2.75 bits per heavy atom. The number of hydrogen-bond acceptors (Lipinski definition) is 2. The van der Waals surface area contributed by atoms with Crippen molar-refractivity contribution in [3.05, 3.63) is 65.2 Å². The van der Waals surface area contributed by atoms with E-state index in [9.17, 15) is 4.79 Å². The summed E-state index contributed by atoms with van der Waals surface area (Å²) in [7, 11) is 0. The van der Waals surface area contributed by atoms with Gasteiger partial charge in [0.05, 0.1) is 0 Å². The van der Waals surface area contributed by atoms with Crippen LogP contribution in [0.4, 0.5) is 5.69 Å². The van der Waals surface area contributed by atoms with Crippen LogP contribution in [0, 0.1) is 6.92 Å². The summed E-state index contributed by atoms with van der Waals surface area (Å²) in [6.45, 7) is 4.76. The number of hydrogen-bond donors (Lipinski definition) is 1. The first kappa shape index (κ1) is 16.6. The van der Waals surface area contributed by atoms with E-state index in [0.717, 1.165) is 38.9 Å². The van der Waals surface area contributed by atoms with Crippen molar-refractivity contribution in [3.8, 4) is 0 Å². The molecule has 1 aliphatic heterocycles. The van der Waals surface area contributed by atoms with E-state index < -0.39 is 0 Å². The highest BCUT2D eigenvalue weighted by Crippen LogP contribution is 2.26. The first-order valence-corrected chi connectivity index (χ1v) is 8.87. The Labute approximate surface area is 144 Å². The molecule has 2 aromatic rings. The second-order valence-electron chi connectivity index (χ2n) is 6.55. The fraction of sp³-hybridized carbons (Fsp3) is 0.381. The molecule has 0 fully saturated rings. The Bertz CT molecular complexity index is 678. The molecule has 0 saturated heterocycles. The minimum atomic E-state index is 0.162. The van der Waals surface area contributed by atoms with Crippen LogP contribution in [-0.2, 0) is 17.6 Å². The van der Waals surface area contributed by atoms with Crippen LogP contribution in [0.2, 0.25) is 0 Å². The molecule has 2 aromatic carbocycles. The van der Waals surface area contributed by atoms with E-state index in [1.807, 2.05) is 0 Å². The van der Waals surface area contributed by atoms with Crippen LogP contribution in [0.1, 0.15) is 29.5 Å². The highest BCUT2D eigenvalue weighted by atomic mass is 16.1. The van der Waals surface area contributed by atoms with Gasteiger partial charge in [-0.15, -0.1) is 0 Å². The molecule has 0 unspecified atom stereocenters. The van der Waals surface area contributed by atoms with Gasteiger partial charge in [0.2, 0.25) is 5.91 Å². The molecule has 1 amide bonds. The molecular formula is C21H26N2O. The predicted octanol–water partition coefficient (Wildman–Crippen LogP) is 3.50. The molecule has 0 radical (unpaired) electrons. The maximum Gasteiger partial charge on any atom is 0.220 e. The van der Waals surface area contributed by atoms with Gasteiger partial charge in [-0.3, -0.25) is 4.79 Å². The maximum absolute atomic E-state index is 12.0. The van der Waals surface area contributed by atoms with E-state index in [1.165, 1.54) is 22.4 Å². The van der Waals surface area contributed by atoms with Crippen LogP contribution in [-0.4, -0.2) is 25.5 Å². The molecule has 24 heavy (non-hydrogen) atoms. The van der Waals surface area contributed by atoms with Crippen LogP contribution < -0.4 is 10.2 Å². The Morgan fingerprint density at radius 1 is 1.12 bits per heavy atom. The van der Waals surface area contributed by atoms with Gasteiger partial charge >= 0.3 is 0 Å². The van der Waals surface area contributed by atoms with Gasteiger partial charge in [0.15, 0.2) is 0 Å². The number of rotatable bonds is 7. The minimum Gasteiger partial charge on any atom is -0.369 e. The molecule has 1 N–H and O–H groups in total. The quantitative estimate of drug-likeness (QED) is 0.846. The number of nitrogens with zero attached hydrogens (tertiary/aromatic N) is 1. The fourth-order valence-electron chi connectivity index (χ4n) is 3.27. The van der Waals surface area contributed by atoms with Gasteiger partial charge in [-0.25, -0.2) is 0 Å². The average Bonchev–Trinajstić information content (AvgIpc) is 3.00. The van der Waals surface area contributed by atoms with Crippen molar-refractivity contribution in [1.29, 1.82) is 0 Å². The van der Waals surface area contributed by atoms with Crippen LogP contribution in [0.5, 0.6) is 0 Å². The van der Waals surface area contributed by atoms with E-state index in [1.54, 1.807) is 0 Å². The van der Waals surface area contributed by atoms with Gasteiger partial charge in [-0.05, 0) is 43.4 Å². The molecule has 3 heteroatoms. The molecule has 3 rings (SSSR count). The molecule has 0 spiro atoms. The number of nitrogens with one attached hydrogen (secondary N) is 1. The molecule has 0 atom stereocenters. The van der Waals surface area contributed by atoms with Gasteiger partial charge in [0.25, 0.3) is 0 Å². The van der Waals surface area contributed by atoms with Crippen LogP contribution in [0.3, 0.4) is 0 Å². The zero-order chi connectivity index (χ0) is 16.8. The topological polar surface area (TPSA) is 32.3 Å². The molecule has 3 nitrogen and oxygen atoms in total. The van der Waals surface area contributed by atoms with Gasteiger partial charge < -0.3 is 10.2 Å². The molecule has 1 aliphatic rings. The smallest absolute Gasteiger partial charge is 0.220 e. The number of benzene rings is 2. The third-order valence-electron chi connectivity index (χ3n) is 4.68. The summed E-state index contributed by atoms with van der Waals surface area (Å²) in [4.78, 5) is 14.3. The van der Waals surface area contributed by atoms with E-state index in [2.05, 4.69) is 65.7 Å². The Hall–Kier alpha value is -2.29. The Morgan fingerprint density at radius 2 is 1.92 bits per heavy atom. The minimum absolute atomic E-state index is 0.162. The maximum atomic E-state index is 12.0. The highest BCUT2D eigenvalue weighted by Gasteiger charge is 2.17. The summed E-state index contributed by atoms with van der Waals surface area (Å²) in [5.74, 6) is 0.162. The lowest BCUT2D eigenvalue weighted by molar-refractivity contribution is -0.121. The fourth-order valence-corrected chi connectivity index (χ4v) is 3.27. The second kappa shape index (κ2) is 8.00. The monoisotopic (exact) mass is 322 g/mol. The number of fused-ring (bicyclic) bond motifs is 1. The largest absolute Gasteiger partial charge is 0.369 e. The van der Waals surface area contributed by atoms with E-state index in [-0.39, 0.29) is 5.91 Å². The first-order chi connectivity index (χ1) is 11.7. The number of para-hydroxylation sites is 1. The summed E-state index contributed by atoms with van der Waals surface area (Å²) in [5.41, 5.74) is 5.33. The predicted molar refractivity (Wildman–Crippen MR) is 99.5 cm³/mol. The van der Waals surface area contributed by atoms with Crippen LogP contribution >= 0.6 is 0 Å². The van der Waals surface area contributed by atoms with Crippen molar-refractivity contribution in [2.24, 2.45) is 0 Å². The van der Waals surface area contributed by atoms with Gasteiger partial charge in [0, 0.05) is 31.7 Å². The van der Waals surface area contributed by atoms with E-state index in [4.69, 9.17) is 0 Å². The summed E-state index contributed by atoms with van der Waals surface area (Å²) >= 11 is 0. The normalized spacial score (nSPS) is 13.0. The average molecular weight is 322 g/mol. The zero-order valence-electron chi connectivity index (χ0n) is 14.4. The second-order valence-corrected chi connectivity index (χ2v) is 6.55. The molecule has 0 aliphatic carbocycles. The molecule has 0 bridgehead atoms. The summed E-state index contributed by atoms with van der Waals surface area (Å²) in [6.07, 6.45) is 3.58. The van der Waals surface area contributed by atoms with Crippen LogP contribution in [0.15, 0.2) is 48.5 Å². The summed E-state index contributed by atoms with van der Waals surface area (Å²) in [5, 5.41) is 3.06. The standard InChI is InChI=1S/C21H26N2O/c1-17-9-11-18(12-10-17)5-4-8-21(24)22-14-16-23-15-13-19-6-2-3-7-20(19)23/h2-3,6-7,9-12H,4-5,8,13-16H2,1H3,(H,22,24). The SMILES string of the molecule is Cc1ccc(CCCC(=O)NCCN2CCc3ccccc32)cc1. The number of aryl methyl sites for hydroxylation is 2. The van der Waals surface area contributed by atoms with E-state index >= 15 is 0 Å². The van der Waals surface area contributed by atoms with Crippen molar-refractivity contribution in [1.82, 2.24) is 5.32 Å². The van der Waals surface area contributed by atoms with Crippen molar-refractivity contribution in [2.45, 2.75) is 32.6 Å². The number of anilines is 1. The van der Waals surface area contributed by atoms with Crippen molar-refractivity contribution in [2.75, 3.05) is 24.5 Å². The van der Waals surface area contributed by atoms with Crippen LogP contribution in [0.25, 0.3) is 0 Å². The lowest BCUT2D eigenvalue weighted by Gasteiger charge is -2.19. The Balaban J connectivity index is 1.34. The third-order valence-corrected chi connectivity index (χ3v) is 4.68. The first-order valence-electron chi connectivity index (χ1n) is 8.87. The Kier molecular flexibility index (Phi) is 5.52. The summed E-state index contributed by atoms with van der Waals surface area (Å²) < 4.78 is 0. The third kappa shape index (κ3) is 4.38. The van der Waals surface area contributed by atoms with Crippen molar-refractivity contribution < 1.29 is 4.79 Å². The number of carbonyl (C=O) groups excluding carboxylic acids is 1. The van der Waals surface area contributed by atoms with Crippen molar-refractivity contribution >= 4 is 11.6 Å². The molecular weight excluding hydrogens is 296 g/mol. The van der Waals surface area contributed by atoms with Gasteiger partial charge in [-0.1, -0.05) is 48.0 Å². The highest BCUT2D eigenvalue weighted by molar-refractivity contribution is 5.75. The molecule has 1 heterocycles. The molecule has 0 aromatic heterocycles. The van der Waals surface area contributed by atoms with Crippen molar-refractivity contribution in [3.63, 3.8) is 0 Å². The van der Waals surface area contributed by atoms with Gasteiger partial charge in [0.1, 0.15) is 0 Å². The lowest BCUT2D eigenvalue weighted by atomic mass is 10.1. The van der Waals surface area contributed by atoms with E-state index in [0.29, 0.717) is 6.42 Å². The molecule has 126 valence electrons. The summed E-state index contributed by atoms with van der Waals surface area (Å²) in [6, 6.07) is 17.1. The zero-order valence-corrected chi connectivity index (χ0v) is 14.4.